The first-order valence-electron chi connectivity index (χ1n) is 9.02. The Labute approximate surface area is 148 Å². The average molecular weight is 342 g/mol. The Morgan fingerprint density at radius 2 is 1.80 bits per heavy atom. The average Bonchev–Trinajstić information content (AvgIpc) is 3.23. The van der Waals surface area contributed by atoms with Crippen LogP contribution in [0.3, 0.4) is 0 Å². The highest BCUT2D eigenvalue weighted by Gasteiger charge is 2.32. The summed E-state index contributed by atoms with van der Waals surface area (Å²) >= 11 is 0. The molecule has 0 unspecified atom stereocenters. The topological polar surface area (TPSA) is 59.1 Å². The molecule has 2 N–H and O–H groups in total. The van der Waals surface area contributed by atoms with Crippen LogP contribution < -0.4 is 10.2 Å². The Kier molecular flexibility index (Phi) is 4.50. The molecule has 4 rings (SSSR count). The van der Waals surface area contributed by atoms with Crippen LogP contribution in [0.2, 0.25) is 0 Å². The molecule has 25 heavy (non-hydrogen) atoms. The highest BCUT2D eigenvalue weighted by molar-refractivity contribution is 5.83. The lowest BCUT2D eigenvalue weighted by Crippen LogP contribution is -2.44. The molecule has 1 saturated heterocycles. The van der Waals surface area contributed by atoms with E-state index < -0.39 is 6.10 Å². The Bertz CT molecular complexity index is 678. The zero-order chi connectivity index (χ0) is 17.4. The monoisotopic (exact) mass is 342 g/mol. The van der Waals surface area contributed by atoms with Crippen LogP contribution in [0.1, 0.15) is 11.7 Å². The van der Waals surface area contributed by atoms with Gasteiger partial charge in [-0.1, -0.05) is 12.1 Å². The molecule has 0 aliphatic carbocycles. The molecule has 0 spiro atoms. The number of piperazine rings is 1. The number of nitrogens with zero attached hydrogens (tertiary/aromatic N) is 3. The molecule has 0 saturated carbocycles. The first-order valence-corrected chi connectivity index (χ1v) is 9.02. The molecule has 0 aromatic heterocycles. The van der Waals surface area contributed by atoms with E-state index in [1.807, 2.05) is 18.2 Å². The van der Waals surface area contributed by atoms with E-state index in [-0.39, 0.29) is 5.91 Å². The van der Waals surface area contributed by atoms with Crippen LogP contribution in [0.15, 0.2) is 35.4 Å². The van der Waals surface area contributed by atoms with Crippen molar-refractivity contribution in [1.29, 1.82) is 0 Å². The number of likely N-dealkylation sites (N-methyl/N-ethyl adjacent to an activating group) is 1. The van der Waals surface area contributed by atoms with Gasteiger partial charge in [0, 0.05) is 58.0 Å². The van der Waals surface area contributed by atoms with E-state index in [4.69, 9.17) is 0 Å². The predicted molar refractivity (Wildman–Crippen MR) is 97.6 cm³/mol. The third-order valence-corrected chi connectivity index (χ3v) is 5.54. The number of carbonyl (C=O) groups is 1. The molecule has 1 aromatic carbocycles. The van der Waals surface area contributed by atoms with Gasteiger partial charge >= 0.3 is 0 Å². The molecule has 3 heterocycles. The van der Waals surface area contributed by atoms with E-state index in [0.717, 1.165) is 45.0 Å². The highest BCUT2D eigenvalue weighted by Crippen LogP contribution is 2.26. The van der Waals surface area contributed by atoms with Gasteiger partial charge in [0.05, 0.1) is 0 Å². The second-order valence-electron chi connectivity index (χ2n) is 7.29. The number of anilines is 1. The summed E-state index contributed by atoms with van der Waals surface area (Å²) in [6, 6.07) is 7.81. The van der Waals surface area contributed by atoms with Crippen molar-refractivity contribution in [3.63, 3.8) is 0 Å². The fourth-order valence-electron chi connectivity index (χ4n) is 3.89. The Hall–Kier alpha value is -1.89. The minimum atomic E-state index is -1.08. The first kappa shape index (κ1) is 16.6. The van der Waals surface area contributed by atoms with Crippen molar-refractivity contribution in [2.75, 3.05) is 64.3 Å². The minimum absolute atomic E-state index is 0.190. The zero-order valence-corrected chi connectivity index (χ0v) is 14.7. The van der Waals surface area contributed by atoms with E-state index in [9.17, 15) is 9.90 Å². The second-order valence-corrected chi connectivity index (χ2v) is 7.29. The summed E-state index contributed by atoms with van der Waals surface area (Å²) in [5, 5.41) is 13.9. The van der Waals surface area contributed by atoms with Crippen molar-refractivity contribution in [2.45, 2.75) is 6.10 Å². The van der Waals surface area contributed by atoms with Crippen molar-refractivity contribution in [3.8, 4) is 0 Å². The smallest absolute Gasteiger partial charge is 0.256 e. The lowest BCUT2D eigenvalue weighted by molar-refractivity contribution is -0.139. The highest BCUT2D eigenvalue weighted by atomic mass is 16.3. The van der Waals surface area contributed by atoms with Crippen LogP contribution in [0, 0.1) is 0 Å². The van der Waals surface area contributed by atoms with Gasteiger partial charge in [-0.25, -0.2) is 0 Å². The number of aliphatic hydroxyl groups excluding tert-OH is 1. The van der Waals surface area contributed by atoms with Crippen molar-refractivity contribution in [3.05, 3.63) is 41.0 Å². The standard InChI is InChI=1S/C19H26N4O2/c1-21-5-7-22(8-6-21)17-4-2-3-14(9-17)18(24)19(25)23-12-15-10-20-11-16(15)13-23/h2-4,9,18,20,24H,5-8,10-13H2,1H3/t18-/m1/s1. The van der Waals surface area contributed by atoms with E-state index in [0.29, 0.717) is 18.7 Å². The maximum atomic E-state index is 12.7. The van der Waals surface area contributed by atoms with E-state index in [1.165, 1.54) is 11.1 Å². The van der Waals surface area contributed by atoms with Crippen LogP contribution in [0.5, 0.6) is 0 Å². The van der Waals surface area contributed by atoms with Gasteiger partial charge in [-0.05, 0) is 35.9 Å². The number of rotatable bonds is 3. The second kappa shape index (κ2) is 6.78. The molecule has 1 aromatic rings. The third-order valence-electron chi connectivity index (χ3n) is 5.54. The number of carbonyl (C=O) groups excluding carboxylic acids is 1. The molecule has 0 bridgehead atoms. The molecular formula is C19H26N4O2. The molecular weight excluding hydrogens is 316 g/mol. The van der Waals surface area contributed by atoms with E-state index in [2.05, 4.69) is 28.2 Å². The Balaban J connectivity index is 1.44. The van der Waals surface area contributed by atoms with Crippen LogP contribution in [-0.4, -0.2) is 80.2 Å². The largest absolute Gasteiger partial charge is 0.378 e. The van der Waals surface area contributed by atoms with Crippen LogP contribution in [0.25, 0.3) is 0 Å². The van der Waals surface area contributed by atoms with Crippen molar-refractivity contribution in [1.82, 2.24) is 15.1 Å². The van der Waals surface area contributed by atoms with Crippen LogP contribution in [-0.2, 0) is 4.79 Å². The molecule has 6 nitrogen and oxygen atoms in total. The van der Waals surface area contributed by atoms with Crippen LogP contribution in [0.4, 0.5) is 5.69 Å². The van der Waals surface area contributed by atoms with Gasteiger partial charge in [-0.2, -0.15) is 0 Å². The number of nitrogens with one attached hydrogen (secondary N) is 1. The summed E-state index contributed by atoms with van der Waals surface area (Å²) in [5.74, 6) is -0.190. The minimum Gasteiger partial charge on any atom is -0.378 e. The van der Waals surface area contributed by atoms with Crippen molar-refractivity contribution < 1.29 is 9.90 Å². The molecule has 1 fully saturated rings. The molecule has 6 heteroatoms. The maximum Gasteiger partial charge on any atom is 0.256 e. The molecule has 1 amide bonds. The maximum absolute atomic E-state index is 12.7. The first-order chi connectivity index (χ1) is 12.1. The Morgan fingerprint density at radius 3 is 2.48 bits per heavy atom. The number of amides is 1. The van der Waals surface area contributed by atoms with Crippen LogP contribution >= 0.6 is 0 Å². The lowest BCUT2D eigenvalue weighted by atomic mass is 10.1. The summed E-state index contributed by atoms with van der Waals surface area (Å²) in [5.41, 5.74) is 4.40. The van der Waals surface area contributed by atoms with Gasteiger partial charge in [-0.3, -0.25) is 4.79 Å². The van der Waals surface area contributed by atoms with Gasteiger partial charge in [0.2, 0.25) is 0 Å². The molecule has 3 aliphatic rings. The van der Waals surface area contributed by atoms with Gasteiger partial charge in [0.15, 0.2) is 6.10 Å². The van der Waals surface area contributed by atoms with Gasteiger partial charge in [0.1, 0.15) is 0 Å². The van der Waals surface area contributed by atoms with Gasteiger partial charge < -0.3 is 25.1 Å². The number of benzene rings is 1. The number of hydrogen-bond acceptors (Lipinski definition) is 5. The molecule has 0 radical (unpaired) electrons. The molecule has 134 valence electrons. The fourth-order valence-corrected chi connectivity index (χ4v) is 3.89. The number of aliphatic hydroxyl groups is 1. The fraction of sp³-hybridized carbons (Fsp3) is 0.526. The predicted octanol–water partition coefficient (Wildman–Crippen LogP) is 0.214. The summed E-state index contributed by atoms with van der Waals surface area (Å²) in [7, 11) is 2.13. The SMILES string of the molecule is CN1CCN(c2cccc([C@@H](O)C(=O)N3CC4=C(CNC4)C3)c2)CC1. The van der Waals surface area contributed by atoms with E-state index >= 15 is 0 Å². The van der Waals surface area contributed by atoms with Crippen molar-refractivity contribution >= 4 is 11.6 Å². The summed E-state index contributed by atoms with van der Waals surface area (Å²) in [6.07, 6.45) is -1.08. The molecule has 1 atom stereocenters. The summed E-state index contributed by atoms with van der Waals surface area (Å²) < 4.78 is 0. The molecule has 3 aliphatic heterocycles. The third kappa shape index (κ3) is 3.29. The van der Waals surface area contributed by atoms with Crippen molar-refractivity contribution in [2.24, 2.45) is 0 Å². The quantitative estimate of drug-likeness (QED) is 0.770. The zero-order valence-electron chi connectivity index (χ0n) is 14.7. The Morgan fingerprint density at radius 1 is 1.12 bits per heavy atom. The van der Waals surface area contributed by atoms with Gasteiger partial charge in [-0.15, -0.1) is 0 Å². The van der Waals surface area contributed by atoms with E-state index in [1.54, 1.807) is 4.90 Å². The normalized spacial score (nSPS) is 22.5. The summed E-state index contributed by atoms with van der Waals surface area (Å²) in [4.78, 5) is 19.1. The summed E-state index contributed by atoms with van der Waals surface area (Å²) in [6.45, 7) is 7.05. The van der Waals surface area contributed by atoms with Gasteiger partial charge in [0.25, 0.3) is 5.91 Å². The number of hydrogen-bond donors (Lipinski definition) is 2. The lowest BCUT2D eigenvalue weighted by Gasteiger charge is -2.34.